The van der Waals surface area contributed by atoms with E-state index < -0.39 is 0 Å². The number of terminal acetylenes is 1. The first kappa shape index (κ1) is 14.4. The molecule has 2 aromatic rings. The maximum absolute atomic E-state index is 5.35. The van der Waals surface area contributed by atoms with Crippen molar-refractivity contribution >= 4 is 0 Å². The molecule has 0 saturated carbocycles. The lowest BCUT2D eigenvalue weighted by atomic mass is 9.94. The molecule has 2 rings (SSSR count). The summed E-state index contributed by atoms with van der Waals surface area (Å²) in [5.74, 6) is 2.69. The molecular weight excluding hydrogens is 242 g/mol. The van der Waals surface area contributed by atoms with Gasteiger partial charge in [0.1, 0.15) is 0 Å². The standard InChI is InChI=1S/C19H21N/c1-4-5-13-20-19(17-9-7-6-8-10-17)18-12-11-15(2)14-16(18)3/h1,6-12,14,19-20H,5,13H2,2-3H3. The van der Waals surface area contributed by atoms with Crippen LogP contribution >= 0.6 is 0 Å². The van der Waals surface area contributed by atoms with Crippen LogP contribution in [0.15, 0.2) is 48.5 Å². The highest BCUT2D eigenvalue weighted by molar-refractivity contribution is 5.38. The van der Waals surface area contributed by atoms with E-state index in [1.54, 1.807) is 0 Å². The van der Waals surface area contributed by atoms with Gasteiger partial charge in [0.05, 0.1) is 6.04 Å². The minimum absolute atomic E-state index is 0.199. The van der Waals surface area contributed by atoms with E-state index in [0.29, 0.717) is 0 Å². The van der Waals surface area contributed by atoms with Gasteiger partial charge in [-0.1, -0.05) is 54.1 Å². The molecule has 0 radical (unpaired) electrons. The Hall–Kier alpha value is -2.04. The van der Waals surface area contributed by atoms with Crippen molar-refractivity contribution < 1.29 is 0 Å². The molecule has 0 heterocycles. The number of rotatable bonds is 5. The minimum atomic E-state index is 0.199. The fraction of sp³-hybridized carbons (Fsp3) is 0.263. The minimum Gasteiger partial charge on any atom is -0.305 e. The average Bonchev–Trinajstić information content (AvgIpc) is 2.46. The van der Waals surface area contributed by atoms with Crippen LogP contribution < -0.4 is 5.32 Å². The van der Waals surface area contributed by atoms with E-state index >= 15 is 0 Å². The summed E-state index contributed by atoms with van der Waals surface area (Å²) in [7, 11) is 0. The summed E-state index contributed by atoms with van der Waals surface area (Å²) in [6, 6.07) is 17.3. The lowest BCUT2D eigenvalue weighted by Gasteiger charge is -2.21. The van der Waals surface area contributed by atoms with Crippen LogP contribution in [0.2, 0.25) is 0 Å². The SMILES string of the molecule is C#CCCNC(c1ccccc1)c1ccc(C)cc1C. The molecule has 0 fully saturated rings. The van der Waals surface area contributed by atoms with Crippen molar-refractivity contribution in [3.05, 3.63) is 70.8 Å². The zero-order valence-electron chi connectivity index (χ0n) is 12.2. The topological polar surface area (TPSA) is 12.0 Å². The molecule has 1 N–H and O–H groups in total. The van der Waals surface area contributed by atoms with Crippen molar-refractivity contribution in [3.63, 3.8) is 0 Å². The number of aryl methyl sites for hydroxylation is 2. The molecule has 0 bridgehead atoms. The molecule has 1 atom stereocenters. The molecule has 1 unspecified atom stereocenters. The summed E-state index contributed by atoms with van der Waals surface area (Å²) in [5, 5.41) is 3.57. The molecule has 102 valence electrons. The first-order valence-electron chi connectivity index (χ1n) is 7.01. The van der Waals surface area contributed by atoms with Gasteiger partial charge in [0.25, 0.3) is 0 Å². The lowest BCUT2D eigenvalue weighted by molar-refractivity contribution is 0.612. The van der Waals surface area contributed by atoms with Crippen molar-refractivity contribution in [2.45, 2.75) is 26.3 Å². The molecule has 0 spiro atoms. The largest absolute Gasteiger partial charge is 0.305 e. The summed E-state index contributed by atoms with van der Waals surface area (Å²) in [6.45, 7) is 5.12. The summed E-state index contributed by atoms with van der Waals surface area (Å²) >= 11 is 0. The lowest BCUT2D eigenvalue weighted by Crippen LogP contribution is -2.24. The molecule has 0 aliphatic heterocycles. The van der Waals surface area contributed by atoms with E-state index in [9.17, 15) is 0 Å². The molecule has 0 amide bonds. The van der Waals surface area contributed by atoms with Gasteiger partial charge in [0.2, 0.25) is 0 Å². The summed E-state index contributed by atoms with van der Waals surface area (Å²) in [6.07, 6.45) is 6.10. The number of benzene rings is 2. The van der Waals surface area contributed by atoms with Crippen molar-refractivity contribution in [1.29, 1.82) is 0 Å². The van der Waals surface area contributed by atoms with Crippen LogP contribution in [0.4, 0.5) is 0 Å². The van der Waals surface area contributed by atoms with Gasteiger partial charge in [-0.2, -0.15) is 0 Å². The molecule has 2 aromatic carbocycles. The van der Waals surface area contributed by atoms with Crippen LogP contribution in [0.3, 0.4) is 0 Å². The summed E-state index contributed by atoms with van der Waals surface area (Å²) < 4.78 is 0. The van der Waals surface area contributed by atoms with Crippen LogP contribution in [-0.4, -0.2) is 6.54 Å². The van der Waals surface area contributed by atoms with E-state index in [1.165, 1.54) is 22.3 Å². The molecule has 1 heteroatoms. The smallest absolute Gasteiger partial charge is 0.0579 e. The third-order valence-electron chi connectivity index (χ3n) is 3.49. The van der Waals surface area contributed by atoms with Gasteiger partial charge in [0, 0.05) is 13.0 Å². The Kier molecular flexibility index (Phi) is 4.98. The second kappa shape index (κ2) is 6.93. The maximum atomic E-state index is 5.35. The van der Waals surface area contributed by atoms with Crippen LogP contribution in [0, 0.1) is 26.2 Å². The van der Waals surface area contributed by atoms with E-state index in [1.807, 2.05) is 6.07 Å². The maximum Gasteiger partial charge on any atom is 0.0579 e. The van der Waals surface area contributed by atoms with Gasteiger partial charge in [-0.15, -0.1) is 12.3 Å². The first-order valence-corrected chi connectivity index (χ1v) is 7.01. The molecule has 0 aliphatic rings. The average molecular weight is 263 g/mol. The Balaban J connectivity index is 2.33. The monoisotopic (exact) mass is 263 g/mol. The zero-order chi connectivity index (χ0) is 14.4. The van der Waals surface area contributed by atoms with Gasteiger partial charge < -0.3 is 5.32 Å². The number of hydrogen-bond donors (Lipinski definition) is 1. The predicted molar refractivity (Wildman–Crippen MR) is 85.7 cm³/mol. The van der Waals surface area contributed by atoms with Crippen molar-refractivity contribution in [2.24, 2.45) is 0 Å². The third kappa shape index (κ3) is 3.50. The highest BCUT2D eigenvalue weighted by Gasteiger charge is 2.14. The van der Waals surface area contributed by atoms with Gasteiger partial charge in [-0.05, 0) is 30.5 Å². The highest BCUT2D eigenvalue weighted by Crippen LogP contribution is 2.25. The van der Waals surface area contributed by atoms with E-state index in [-0.39, 0.29) is 6.04 Å². The normalized spacial score (nSPS) is 11.8. The fourth-order valence-corrected chi connectivity index (χ4v) is 2.49. The highest BCUT2D eigenvalue weighted by atomic mass is 14.9. The van der Waals surface area contributed by atoms with Crippen LogP contribution in [0.1, 0.15) is 34.7 Å². The Morgan fingerprint density at radius 1 is 1.10 bits per heavy atom. The Morgan fingerprint density at radius 2 is 1.85 bits per heavy atom. The second-order valence-electron chi connectivity index (χ2n) is 5.11. The van der Waals surface area contributed by atoms with E-state index in [0.717, 1.165) is 13.0 Å². The molecule has 0 saturated heterocycles. The Morgan fingerprint density at radius 3 is 2.50 bits per heavy atom. The fourth-order valence-electron chi connectivity index (χ4n) is 2.49. The molecule has 0 aromatic heterocycles. The third-order valence-corrected chi connectivity index (χ3v) is 3.49. The summed E-state index contributed by atoms with van der Waals surface area (Å²) in [4.78, 5) is 0. The number of nitrogens with one attached hydrogen (secondary N) is 1. The van der Waals surface area contributed by atoms with Crippen molar-refractivity contribution in [2.75, 3.05) is 6.54 Å². The van der Waals surface area contributed by atoms with Crippen LogP contribution in [-0.2, 0) is 0 Å². The summed E-state index contributed by atoms with van der Waals surface area (Å²) in [5.41, 5.74) is 5.20. The molecule has 20 heavy (non-hydrogen) atoms. The predicted octanol–water partition coefficient (Wildman–Crippen LogP) is 4.01. The van der Waals surface area contributed by atoms with Crippen molar-refractivity contribution in [3.8, 4) is 12.3 Å². The quantitative estimate of drug-likeness (QED) is 0.635. The van der Waals surface area contributed by atoms with Crippen LogP contribution in [0.5, 0.6) is 0 Å². The zero-order valence-corrected chi connectivity index (χ0v) is 12.2. The molecular formula is C19H21N. The van der Waals surface area contributed by atoms with Crippen LogP contribution in [0.25, 0.3) is 0 Å². The second-order valence-corrected chi connectivity index (χ2v) is 5.11. The first-order chi connectivity index (χ1) is 9.72. The molecule has 1 nitrogen and oxygen atoms in total. The van der Waals surface area contributed by atoms with Gasteiger partial charge in [0.15, 0.2) is 0 Å². The number of hydrogen-bond acceptors (Lipinski definition) is 1. The van der Waals surface area contributed by atoms with Gasteiger partial charge in [-0.25, -0.2) is 0 Å². The van der Waals surface area contributed by atoms with Crippen molar-refractivity contribution in [1.82, 2.24) is 5.32 Å². The molecule has 0 aliphatic carbocycles. The van der Waals surface area contributed by atoms with Gasteiger partial charge >= 0.3 is 0 Å². The van der Waals surface area contributed by atoms with E-state index in [4.69, 9.17) is 6.42 Å². The Bertz CT molecular complexity index is 593. The Labute approximate surface area is 122 Å². The van der Waals surface area contributed by atoms with Gasteiger partial charge in [-0.3, -0.25) is 0 Å². The van der Waals surface area contributed by atoms with E-state index in [2.05, 4.69) is 67.5 Å².